The van der Waals surface area contributed by atoms with Crippen LogP contribution >= 0.6 is 11.6 Å². The Hall–Kier alpha value is -3.89. The SMILES string of the molecule is CC(NC(=O)CCc1c(-c2ccc(Cl)cc2)nc2ccc(-c3ccccc3)cn12)c1ccccc1. The predicted octanol–water partition coefficient (Wildman–Crippen LogP) is 7.13. The molecule has 1 unspecified atom stereocenters. The van der Waals surface area contributed by atoms with E-state index in [-0.39, 0.29) is 11.9 Å². The van der Waals surface area contributed by atoms with E-state index in [0.717, 1.165) is 39.3 Å². The lowest BCUT2D eigenvalue weighted by Gasteiger charge is -2.14. The largest absolute Gasteiger partial charge is 0.350 e. The molecule has 5 heteroatoms. The fourth-order valence-electron chi connectivity index (χ4n) is 4.34. The number of aromatic nitrogens is 2. The normalized spacial score (nSPS) is 11.9. The van der Waals surface area contributed by atoms with Crippen LogP contribution in [0, 0.1) is 0 Å². The number of pyridine rings is 1. The standard InChI is InChI=1S/C30H26ClN3O/c1-21(22-8-4-2-5-9-22)32-29(35)19-17-27-30(24-12-15-26(31)16-13-24)33-28-18-14-25(20-34(27)28)23-10-6-3-7-11-23/h2-16,18,20-21H,17,19H2,1H3,(H,32,35). The number of nitrogens with one attached hydrogen (secondary N) is 1. The highest BCUT2D eigenvalue weighted by atomic mass is 35.5. The van der Waals surface area contributed by atoms with Gasteiger partial charge in [-0.15, -0.1) is 0 Å². The first kappa shape index (κ1) is 22.9. The molecule has 0 aliphatic rings. The summed E-state index contributed by atoms with van der Waals surface area (Å²) in [6.07, 6.45) is 3.03. The van der Waals surface area contributed by atoms with E-state index in [1.807, 2.05) is 85.8 Å². The maximum absolute atomic E-state index is 12.9. The van der Waals surface area contributed by atoms with E-state index < -0.39 is 0 Å². The first-order chi connectivity index (χ1) is 17.1. The number of rotatable bonds is 7. The van der Waals surface area contributed by atoms with Crippen LogP contribution in [0.5, 0.6) is 0 Å². The van der Waals surface area contributed by atoms with Crippen molar-refractivity contribution in [2.45, 2.75) is 25.8 Å². The Bertz CT molecular complexity index is 1440. The van der Waals surface area contributed by atoms with Gasteiger partial charge in [0, 0.05) is 23.2 Å². The fraction of sp³-hybridized carbons (Fsp3) is 0.133. The van der Waals surface area contributed by atoms with Gasteiger partial charge in [0.2, 0.25) is 5.91 Å². The first-order valence-electron chi connectivity index (χ1n) is 11.7. The summed E-state index contributed by atoms with van der Waals surface area (Å²) < 4.78 is 2.11. The summed E-state index contributed by atoms with van der Waals surface area (Å²) in [4.78, 5) is 17.8. The van der Waals surface area contributed by atoms with E-state index in [9.17, 15) is 4.79 Å². The number of halogens is 1. The lowest BCUT2D eigenvalue weighted by atomic mass is 10.1. The van der Waals surface area contributed by atoms with Gasteiger partial charge in [-0.25, -0.2) is 4.98 Å². The molecule has 1 amide bonds. The number of aryl methyl sites for hydroxylation is 1. The zero-order valence-corrected chi connectivity index (χ0v) is 20.2. The molecule has 4 nitrogen and oxygen atoms in total. The van der Waals surface area contributed by atoms with Crippen molar-refractivity contribution < 1.29 is 4.79 Å². The zero-order valence-electron chi connectivity index (χ0n) is 19.5. The highest BCUT2D eigenvalue weighted by Crippen LogP contribution is 2.29. The number of fused-ring (bicyclic) bond motifs is 1. The molecule has 1 N–H and O–H groups in total. The van der Waals surface area contributed by atoms with E-state index in [0.29, 0.717) is 17.9 Å². The molecule has 0 aliphatic heterocycles. The van der Waals surface area contributed by atoms with E-state index in [1.165, 1.54) is 0 Å². The highest BCUT2D eigenvalue weighted by molar-refractivity contribution is 6.30. The van der Waals surface area contributed by atoms with Crippen LogP contribution in [0.3, 0.4) is 0 Å². The maximum Gasteiger partial charge on any atom is 0.220 e. The second-order valence-corrected chi connectivity index (χ2v) is 9.06. The molecule has 174 valence electrons. The van der Waals surface area contributed by atoms with Crippen LogP contribution in [0.25, 0.3) is 28.0 Å². The zero-order chi connectivity index (χ0) is 24.2. The molecule has 5 aromatic rings. The topological polar surface area (TPSA) is 46.4 Å². The Morgan fingerprint density at radius 1 is 0.857 bits per heavy atom. The molecule has 3 aromatic carbocycles. The van der Waals surface area contributed by atoms with Gasteiger partial charge >= 0.3 is 0 Å². The van der Waals surface area contributed by atoms with E-state index in [1.54, 1.807) is 0 Å². The molecule has 2 heterocycles. The summed E-state index contributed by atoms with van der Waals surface area (Å²) in [5, 5.41) is 3.80. The third-order valence-electron chi connectivity index (χ3n) is 6.21. The van der Waals surface area contributed by atoms with E-state index in [2.05, 4.69) is 34.1 Å². The quantitative estimate of drug-likeness (QED) is 0.270. The van der Waals surface area contributed by atoms with Crippen LogP contribution in [0.15, 0.2) is 103 Å². The Balaban J connectivity index is 1.46. The molecule has 2 aromatic heterocycles. The summed E-state index contributed by atoms with van der Waals surface area (Å²) in [6, 6.07) is 32.0. The van der Waals surface area contributed by atoms with Crippen LogP contribution in [0.4, 0.5) is 0 Å². The van der Waals surface area contributed by atoms with Crippen molar-refractivity contribution in [2.75, 3.05) is 0 Å². The summed E-state index contributed by atoms with van der Waals surface area (Å²) in [5.41, 5.74) is 7.02. The van der Waals surface area contributed by atoms with Crippen molar-refractivity contribution in [3.05, 3.63) is 120 Å². The van der Waals surface area contributed by atoms with Gasteiger partial charge in [0.25, 0.3) is 0 Å². The van der Waals surface area contributed by atoms with Gasteiger partial charge in [-0.3, -0.25) is 4.79 Å². The van der Waals surface area contributed by atoms with Gasteiger partial charge in [0.15, 0.2) is 0 Å². The van der Waals surface area contributed by atoms with Crippen LogP contribution in [0.2, 0.25) is 5.02 Å². The van der Waals surface area contributed by atoms with Crippen molar-refractivity contribution >= 4 is 23.2 Å². The Kier molecular flexibility index (Phi) is 6.64. The van der Waals surface area contributed by atoms with Crippen LogP contribution in [0.1, 0.15) is 30.6 Å². The molecule has 0 saturated carbocycles. The molecule has 0 fully saturated rings. The monoisotopic (exact) mass is 479 g/mol. The Morgan fingerprint density at radius 3 is 2.23 bits per heavy atom. The van der Waals surface area contributed by atoms with Crippen LogP contribution in [-0.4, -0.2) is 15.3 Å². The third-order valence-corrected chi connectivity index (χ3v) is 6.46. The third kappa shape index (κ3) is 5.13. The number of hydrogen-bond donors (Lipinski definition) is 1. The lowest BCUT2D eigenvalue weighted by molar-refractivity contribution is -0.121. The number of carbonyl (C=O) groups excluding carboxylic acids is 1. The van der Waals surface area contributed by atoms with Crippen molar-refractivity contribution in [1.29, 1.82) is 0 Å². The smallest absolute Gasteiger partial charge is 0.220 e. The average Bonchev–Trinajstić information content (AvgIpc) is 3.26. The molecular formula is C30H26ClN3O. The number of amides is 1. The van der Waals surface area contributed by atoms with Gasteiger partial charge in [-0.05, 0) is 54.3 Å². The fourth-order valence-corrected chi connectivity index (χ4v) is 4.47. The minimum Gasteiger partial charge on any atom is -0.350 e. The molecule has 1 atom stereocenters. The van der Waals surface area contributed by atoms with Crippen molar-refractivity contribution in [3.8, 4) is 22.4 Å². The number of nitrogens with zero attached hydrogens (tertiary/aromatic N) is 2. The number of carbonyl (C=O) groups is 1. The number of imidazole rings is 1. The average molecular weight is 480 g/mol. The van der Waals surface area contributed by atoms with Crippen LogP contribution < -0.4 is 5.32 Å². The second kappa shape index (κ2) is 10.2. The Morgan fingerprint density at radius 2 is 1.51 bits per heavy atom. The Labute approximate surface area is 210 Å². The van der Waals surface area contributed by atoms with Gasteiger partial charge in [-0.1, -0.05) is 84.4 Å². The van der Waals surface area contributed by atoms with Crippen molar-refractivity contribution in [1.82, 2.24) is 14.7 Å². The molecule has 0 aliphatic carbocycles. The number of hydrogen-bond acceptors (Lipinski definition) is 2. The molecule has 0 bridgehead atoms. The predicted molar refractivity (Wildman–Crippen MR) is 142 cm³/mol. The van der Waals surface area contributed by atoms with Crippen molar-refractivity contribution in [2.24, 2.45) is 0 Å². The minimum atomic E-state index is -0.0497. The molecule has 35 heavy (non-hydrogen) atoms. The van der Waals surface area contributed by atoms with Crippen molar-refractivity contribution in [3.63, 3.8) is 0 Å². The van der Waals surface area contributed by atoms with Gasteiger partial charge in [0.1, 0.15) is 5.65 Å². The second-order valence-electron chi connectivity index (χ2n) is 8.63. The molecule has 0 spiro atoms. The summed E-state index contributed by atoms with van der Waals surface area (Å²) in [7, 11) is 0. The van der Waals surface area contributed by atoms with E-state index >= 15 is 0 Å². The molecule has 5 rings (SSSR count). The molecular weight excluding hydrogens is 454 g/mol. The van der Waals surface area contributed by atoms with Crippen LogP contribution in [-0.2, 0) is 11.2 Å². The van der Waals surface area contributed by atoms with Gasteiger partial charge in [0.05, 0.1) is 17.4 Å². The van der Waals surface area contributed by atoms with Gasteiger partial charge < -0.3 is 9.72 Å². The molecule has 0 saturated heterocycles. The lowest BCUT2D eigenvalue weighted by Crippen LogP contribution is -2.26. The minimum absolute atomic E-state index is 0.0116. The molecule has 0 radical (unpaired) electrons. The summed E-state index contributed by atoms with van der Waals surface area (Å²) in [5.74, 6) is 0.0116. The number of benzene rings is 3. The maximum atomic E-state index is 12.9. The highest BCUT2D eigenvalue weighted by Gasteiger charge is 2.17. The van der Waals surface area contributed by atoms with Gasteiger partial charge in [-0.2, -0.15) is 0 Å². The van der Waals surface area contributed by atoms with E-state index in [4.69, 9.17) is 16.6 Å². The first-order valence-corrected chi connectivity index (χ1v) is 12.1. The summed E-state index contributed by atoms with van der Waals surface area (Å²) in [6.45, 7) is 2.01. The summed E-state index contributed by atoms with van der Waals surface area (Å²) >= 11 is 6.13.